The first-order valence-corrected chi connectivity index (χ1v) is 8.65. The number of halogens is 1. The Morgan fingerprint density at radius 3 is 2.60 bits per heavy atom. The Morgan fingerprint density at radius 2 is 1.88 bits per heavy atom. The summed E-state index contributed by atoms with van der Waals surface area (Å²) < 4.78 is 24.8. The summed E-state index contributed by atoms with van der Waals surface area (Å²) in [7, 11) is 3.26. The summed E-state index contributed by atoms with van der Waals surface area (Å²) >= 11 is 0. The molecule has 0 aromatic heterocycles. The smallest absolute Gasteiger partial charge is 0.124 e. The quantitative estimate of drug-likeness (QED) is 0.844. The van der Waals surface area contributed by atoms with Crippen LogP contribution < -0.4 is 20.1 Å². The highest BCUT2D eigenvalue weighted by molar-refractivity contribution is 5.44. The van der Waals surface area contributed by atoms with Gasteiger partial charge < -0.3 is 20.1 Å². The van der Waals surface area contributed by atoms with E-state index in [-0.39, 0.29) is 11.9 Å². The normalized spacial score (nSPS) is 16.4. The molecule has 2 N–H and O–H groups in total. The first-order chi connectivity index (χ1) is 12.2. The van der Waals surface area contributed by atoms with Crippen molar-refractivity contribution in [2.24, 2.45) is 0 Å². The van der Waals surface area contributed by atoms with Gasteiger partial charge in [-0.3, -0.25) is 0 Å². The zero-order chi connectivity index (χ0) is 17.6. The van der Waals surface area contributed by atoms with E-state index in [9.17, 15) is 4.39 Å². The Bertz CT molecular complexity index is 702. The van der Waals surface area contributed by atoms with Gasteiger partial charge in [-0.1, -0.05) is 12.1 Å². The van der Waals surface area contributed by atoms with Crippen LogP contribution in [-0.2, 0) is 0 Å². The van der Waals surface area contributed by atoms with Crippen LogP contribution in [0.15, 0.2) is 42.5 Å². The van der Waals surface area contributed by atoms with E-state index in [0.29, 0.717) is 11.8 Å². The second-order valence-corrected chi connectivity index (χ2v) is 6.29. The van der Waals surface area contributed by atoms with Crippen LogP contribution in [0.2, 0.25) is 0 Å². The molecule has 1 fully saturated rings. The highest BCUT2D eigenvalue weighted by Gasteiger charge is 2.24. The summed E-state index contributed by atoms with van der Waals surface area (Å²) in [6.07, 6.45) is 2.08. The zero-order valence-electron chi connectivity index (χ0n) is 14.7. The Morgan fingerprint density at radius 1 is 1.08 bits per heavy atom. The first-order valence-electron chi connectivity index (χ1n) is 8.65. The summed E-state index contributed by atoms with van der Waals surface area (Å²) in [6.45, 7) is 1.98. The fraction of sp³-hybridized carbons (Fsp3) is 0.400. The number of piperidine rings is 1. The number of hydrogen-bond acceptors (Lipinski definition) is 4. The van der Waals surface area contributed by atoms with Crippen molar-refractivity contribution in [3.8, 4) is 11.5 Å². The maximum atomic E-state index is 14.0. The fourth-order valence-corrected chi connectivity index (χ4v) is 3.34. The van der Waals surface area contributed by atoms with Gasteiger partial charge in [0.05, 0.1) is 20.3 Å². The topological polar surface area (TPSA) is 42.5 Å². The molecule has 5 heteroatoms. The molecule has 1 heterocycles. The lowest BCUT2D eigenvalue weighted by atomic mass is 9.95. The molecular weight excluding hydrogens is 319 g/mol. The van der Waals surface area contributed by atoms with E-state index in [1.165, 1.54) is 6.07 Å². The van der Waals surface area contributed by atoms with Crippen molar-refractivity contribution < 1.29 is 13.9 Å². The zero-order valence-corrected chi connectivity index (χ0v) is 14.7. The third-order valence-corrected chi connectivity index (χ3v) is 4.67. The lowest BCUT2D eigenvalue weighted by Crippen LogP contribution is -2.42. The molecule has 25 heavy (non-hydrogen) atoms. The van der Waals surface area contributed by atoms with Gasteiger partial charge in [0.2, 0.25) is 0 Å². The number of rotatable bonds is 6. The lowest BCUT2D eigenvalue weighted by molar-refractivity contribution is 0.355. The van der Waals surface area contributed by atoms with E-state index in [4.69, 9.17) is 9.47 Å². The van der Waals surface area contributed by atoms with Crippen LogP contribution in [0.4, 0.5) is 4.39 Å². The van der Waals surface area contributed by atoms with Gasteiger partial charge in [0.25, 0.3) is 0 Å². The molecule has 2 aromatic rings. The van der Waals surface area contributed by atoms with Crippen molar-refractivity contribution in [1.29, 1.82) is 0 Å². The molecule has 2 aromatic carbocycles. The second kappa shape index (κ2) is 8.32. The molecule has 0 radical (unpaired) electrons. The Hall–Kier alpha value is -2.11. The summed E-state index contributed by atoms with van der Waals surface area (Å²) in [5.41, 5.74) is 1.83. The van der Waals surface area contributed by atoms with Crippen LogP contribution in [0, 0.1) is 5.82 Å². The molecule has 0 bridgehead atoms. The van der Waals surface area contributed by atoms with Gasteiger partial charge in [-0.25, -0.2) is 4.39 Å². The van der Waals surface area contributed by atoms with E-state index in [2.05, 4.69) is 10.6 Å². The molecule has 1 atom stereocenters. The molecule has 1 aliphatic heterocycles. The average Bonchev–Trinajstić information content (AvgIpc) is 2.67. The van der Waals surface area contributed by atoms with Crippen molar-refractivity contribution in [2.75, 3.05) is 27.3 Å². The largest absolute Gasteiger partial charge is 0.497 e. The van der Waals surface area contributed by atoms with Crippen molar-refractivity contribution in [2.45, 2.75) is 24.9 Å². The number of hydrogen-bond donors (Lipinski definition) is 2. The van der Waals surface area contributed by atoms with Gasteiger partial charge in [0, 0.05) is 11.6 Å². The minimum atomic E-state index is -0.268. The highest BCUT2D eigenvalue weighted by atomic mass is 19.1. The molecule has 1 aliphatic rings. The van der Waals surface area contributed by atoms with Crippen molar-refractivity contribution in [3.05, 3.63) is 59.4 Å². The minimum Gasteiger partial charge on any atom is -0.497 e. The molecular formula is C20H25FN2O2. The number of ether oxygens (including phenoxy) is 2. The van der Waals surface area contributed by atoms with Crippen LogP contribution in [0.1, 0.15) is 30.0 Å². The van der Waals surface area contributed by atoms with Crippen LogP contribution in [0.25, 0.3) is 0 Å². The van der Waals surface area contributed by atoms with Crippen LogP contribution in [0.5, 0.6) is 11.5 Å². The fourth-order valence-electron chi connectivity index (χ4n) is 3.34. The van der Waals surface area contributed by atoms with Crippen molar-refractivity contribution in [1.82, 2.24) is 10.6 Å². The van der Waals surface area contributed by atoms with Crippen molar-refractivity contribution in [3.63, 3.8) is 0 Å². The SMILES string of the molecule is COc1cccc(C(NC2CCNCC2)c2cc(F)ccc2OC)c1. The van der Waals surface area contributed by atoms with E-state index in [1.807, 2.05) is 24.3 Å². The van der Waals surface area contributed by atoms with E-state index in [1.54, 1.807) is 26.4 Å². The van der Waals surface area contributed by atoms with Gasteiger partial charge in [-0.05, 0) is 61.8 Å². The molecule has 4 nitrogen and oxygen atoms in total. The van der Waals surface area contributed by atoms with E-state index < -0.39 is 0 Å². The molecule has 134 valence electrons. The predicted molar refractivity (Wildman–Crippen MR) is 96.8 cm³/mol. The number of benzene rings is 2. The number of nitrogens with one attached hydrogen (secondary N) is 2. The molecule has 0 amide bonds. The molecule has 0 aliphatic carbocycles. The van der Waals surface area contributed by atoms with Gasteiger partial charge in [0.1, 0.15) is 17.3 Å². The summed E-state index contributed by atoms with van der Waals surface area (Å²) in [6, 6.07) is 12.8. The Balaban J connectivity index is 2.00. The second-order valence-electron chi connectivity index (χ2n) is 6.29. The van der Waals surface area contributed by atoms with E-state index in [0.717, 1.165) is 42.8 Å². The van der Waals surface area contributed by atoms with Crippen LogP contribution in [-0.4, -0.2) is 33.4 Å². The Labute approximate surface area is 148 Å². The molecule has 1 saturated heterocycles. The summed E-state index contributed by atoms with van der Waals surface area (Å²) in [5.74, 6) is 1.19. The summed E-state index contributed by atoms with van der Waals surface area (Å²) in [4.78, 5) is 0. The number of methoxy groups -OCH3 is 2. The van der Waals surface area contributed by atoms with Crippen LogP contribution in [0.3, 0.4) is 0 Å². The Kier molecular flexibility index (Phi) is 5.89. The monoisotopic (exact) mass is 344 g/mol. The first kappa shape index (κ1) is 17.7. The van der Waals surface area contributed by atoms with Gasteiger partial charge in [-0.2, -0.15) is 0 Å². The maximum absolute atomic E-state index is 14.0. The lowest BCUT2D eigenvalue weighted by Gasteiger charge is -2.30. The molecule has 3 rings (SSSR count). The average molecular weight is 344 g/mol. The third-order valence-electron chi connectivity index (χ3n) is 4.67. The van der Waals surface area contributed by atoms with Gasteiger partial charge in [-0.15, -0.1) is 0 Å². The van der Waals surface area contributed by atoms with Crippen LogP contribution >= 0.6 is 0 Å². The molecule has 0 spiro atoms. The predicted octanol–water partition coefficient (Wildman–Crippen LogP) is 3.27. The minimum absolute atomic E-state index is 0.163. The highest BCUT2D eigenvalue weighted by Crippen LogP contribution is 2.33. The summed E-state index contributed by atoms with van der Waals surface area (Å²) in [5, 5.41) is 7.07. The standard InChI is InChI=1S/C20H25FN2O2/c1-24-17-5-3-4-14(12-17)20(23-16-8-10-22-11-9-16)18-13-15(21)6-7-19(18)25-2/h3-7,12-13,16,20,22-23H,8-11H2,1-2H3. The molecule has 0 saturated carbocycles. The van der Waals surface area contributed by atoms with Gasteiger partial charge in [0.15, 0.2) is 0 Å². The molecule has 1 unspecified atom stereocenters. The van der Waals surface area contributed by atoms with E-state index >= 15 is 0 Å². The van der Waals surface area contributed by atoms with Crippen molar-refractivity contribution >= 4 is 0 Å². The maximum Gasteiger partial charge on any atom is 0.124 e. The van der Waals surface area contributed by atoms with Gasteiger partial charge >= 0.3 is 0 Å². The third kappa shape index (κ3) is 4.30.